The van der Waals surface area contributed by atoms with Crippen molar-refractivity contribution in [3.05, 3.63) is 35.4 Å². The van der Waals surface area contributed by atoms with Crippen molar-refractivity contribution in [1.82, 2.24) is 5.43 Å². The predicted molar refractivity (Wildman–Crippen MR) is 67.4 cm³/mol. The minimum atomic E-state index is -0.359. The molecule has 0 bridgehead atoms. The van der Waals surface area contributed by atoms with Crippen LogP contribution in [0, 0.1) is 0 Å². The molecule has 1 amide bonds. The molecule has 4 nitrogen and oxygen atoms in total. The zero-order valence-corrected chi connectivity index (χ0v) is 10.3. The van der Waals surface area contributed by atoms with Crippen LogP contribution < -0.4 is 11.3 Å². The Morgan fingerprint density at radius 2 is 2.18 bits per heavy atom. The summed E-state index contributed by atoms with van der Waals surface area (Å²) in [6.07, 6.45) is 1.34. The fraction of sp³-hybridized carbons (Fsp3) is 0.417. The van der Waals surface area contributed by atoms with Gasteiger partial charge in [0.2, 0.25) is 5.91 Å². The molecule has 5 heteroatoms. The summed E-state index contributed by atoms with van der Waals surface area (Å²) in [5, 5.41) is 9.26. The number of rotatable bonds is 6. The highest BCUT2D eigenvalue weighted by molar-refractivity contribution is 6.17. The highest BCUT2D eigenvalue weighted by Crippen LogP contribution is 2.25. The van der Waals surface area contributed by atoms with Gasteiger partial charge in [0, 0.05) is 5.88 Å². The first-order chi connectivity index (χ1) is 8.24. The Morgan fingerprint density at radius 3 is 2.76 bits per heavy atom. The summed E-state index contributed by atoms with van der Waals surface area (Å²) in [7, 11) is 0. The van der Waals surface area contributed by atoms with Gasteiger partial charge >= 0.3 is 0 Å². The van der Waals surface area contributed by atoms with Crippen LogP contribution in [0.1, 0.15) is 29.9 Å². The summed E-state index contributed by atoms with van der Waals surface area (Å²) in [6.45, 7) is -0.0919. The summed E-state index contributed by atoms with van der Waals surface area (Å²) in [4.78, 5) is 11.7. The first-order valence-corrected chi connectivity index (χ1v) is 6.03. The lowest BCUT2D eigenvalue weighted by Crippen LogP contribution is -2.35. The average molecular weight is 257 g/mol. The number of hydrogen-bond donors (Lipinski definition) is 3. The third-order valence-electron chi connectivity index (χ3n) is 2.69. The Hall–Kier alpha value is -1.10. The van der Waals surface area contributed by atoms with E-state index in [-0.39, 0.29) is 18.4 Å². The second kappa shape index (κ2) is 7.27. The summed E-state index contributed by atoms with van der Waals surface area (Å²) in [5.74, 6) is 5.06. The van der Waals surface area contributed by atoms with Crippen LogP contribution in [0.2, 0.25) is 0 Å². The lowest BCUT2D eigenvalue weighted by Gasteiger charge is -2.17. The molecule has 0 saturated heterocycles. The van der Waals surface area contributed by atoms with E-state index in [1.807, 2.05) is 18.2 Å². The van der Waals surface area contributed by atoms with Gasteiger partial charge in [-0.1, -0.05) is 24.3 Å². The van der Waals surface area contributed by atoms with Gasteiger partial charge in [0.1, 0.15) is 0 Å². The largest absolute Gasteiger partial charge is 0.392 e. The molecular formula is C12H17ClN2O2. The third kappa shape index (κ3) is 3.70. The molecule has 94 valence electrons. The average Bonchev–Trinajstić information content (AvgIpc) is 2.39. The lowest BCUT2D eigenvalue weighted by atomic mass is 9.90. The van der Waals surface area contributed by atoms with Crippen molar-refractivity contribution in [3.63, 3.8) is 0 Å². The second-order valence-electron chi connectivity index (χ2n) is 3.75. The molecule has 1 atom stereocenters. The van der Waals surface area contributed by atoms with E-state index in [4.69, 9.17) is 17.4 Å². The molecule has 0 aliphatic carbocycles. The minimum absolute atomic E-state index is 0.0919. The Morgan fingerprint density at radius 1 is 1.47 bits per heavy atom. The van der Waals surface area contributed by atoms with E-state index < -0.39 is 0 Å². The van der Waals surface area contributed by atoms with E-state index in [0.29, 0.717) is 12.3 Å². The Kier molecular flexibility index (Phi) is 5.97. The molecule has 1 unspecified atom stereocenters. The summed E-state index contributed by atoms with van der Waals surface area (Å²) in [5.41, 5.74) is 3.71. The van der Waals surface area contributed by atoms with Crippen LogP contribution in [0.5, 0.6) is 0 Å². The van der Waals surface area contributed by atoms with Crippen LogP contribution in [0.15, 0.2) is 24.3 Å². The Balaban J connectivity index is 2.98. The van der Waals surface area contributed by atoms with Crippen LogP contribution in [-0.4, -0.2) is 16.9 Å². The molecule has 0 heterocycles. The molecule has 0 fully saturated rings. The minimum Gasteiger partial charge on any atom is -0.392 e. The predicted octanol–water partition coefficient (Wildman–Crippen LogP) is 1.27. The maximum Gasteiger partial charge on any atom is 0.241 e. The molecule has 0 aliphatic rings. The van der Waals surface area contributed by atoms with E-state index in [1.54, 1.807) is 6.07 Å². The number of amides is 1. The van der Waals surface area contributed by atoms with E-state index >= 15 is 0 Å². The van der Waals surface area contributed by atoms with Crippen molar-refractivity contribution < 1.29 is 9.90 Å². The second-order valence-corrected chi connectivity index (χ2v) is 4.13. The van der Waals surface area contributed by atoms with Crippen molar-refractivity contribution in [2.45, 2.75) is 25.4 Å². The van der Waals surface area contributed by atoms with Crippen LogP contribution in [-0.2, 0) is 11.4 Å². The summed E-state index contributed by atoms with van der Waals surface area (Å²) < 4.78 is 0. The molecule has 0 saturated carbocycles. The van der Waals surface area contributed by atoms with Crippen molar-refractivity contribution in [2.75, 3.05) is 5.88 Å². The first-order valence-electron chi connectivity index (χ1n) is 5.49. The Labute approximate surface area is 106 Å². The molecule has 0 spiro atoms. The lowest BCUT2D eigenvalue weighted by molar-refractivity contribution is -0.122. The van der Waals surface area contributed by atoms with Crippen molar-refractivity contribution >= 4 is 17.5 Å². The zero-order chi connectivity index (χ0) is 12.7. The van der Waals surface area contributed by atoms with Gasteiger partial charge in [0.15, 0.2) is 0 Å². The fourth-order valence-corrected chi connectivity index (χ4v) is 1.98. The van der Waals surface area contributed by atoms with E-state index in [2.05, 4.69) is 5.43 Å². The SMILES string of the molecule is NNC(=O)C(CCCCl)c1ccccc1CO. The maximum atomic E-state index is 11.7. The fourth-order valence-electron chi connectivity index (χ4n) is 1.83. The monoisotopic (exact) mass is 256 g/mol. The van der Waals surface area contributed by atoms with Gasteiger partial charge < -0.3 is 5.11 Å². The van der Waals surface area contributed by atoms with Gasteiger partial charge in [-0.2, -0.15) is 0 Å². The zero-order valence-electron chi connectivity index (χ0n) is 9.53. The number of aliphatic hydroxyl groups excluding tert-OH is 1. The maximum absolute atomic E-state index is 11.7. The number of nitrogens with one attached hydrogen (secondary N) is 1. The van der Waals surface area contributed by atoms with Gasteiger partial charge in [-0.3, -0.25) is 10.2 Å². The van der Waals surface area contributed by atoms with Gasteiger partial charge in [-0.05, 0) is 24.0 Å². The number of nitrogens with two attached hydrogens (primary N) is 1. The van der Waals surface area contributed by atoms with E-state index in [0.717, 1.165) is 17.5 Å². The number of alkyl halides is 1. The number of hydrazine groups is 1. The third-order valence-corrected chi connectivity index (χ3v) is 2.95. The number of aliphatic hydroxyl groups is 1. The Bertz CT molecular complexity index is 371. The molecule has 1 rings (SSSR count). The van der Waals surface area contributed by atoms with E-state index in [9.17, 15) is 9.90 Å². The van der Waals surface area contributed by atoms with Gasteiger partial charge in [0.05, 0.1) is 12.5 Å². The smallest absolute Gasteiger partial charge is 0.241 e. The quantitative estimate of drug-likeness (QED) is 0.311. The molecule has 0 radical (unpaired) electrons. The van der Waals surface area contributed by atoms with Crippen molar-refractivity contribution in [3.8, 4) is 0 Å². The van der Waals surface area contributed by atoms with Gasteiger partial charge in [0.25, 0.3) is 0 Å². The van der Waals surface area contributed by atoms with Gasteiger partial charge in [-0.15, -0.1) is 11.6 Å². The molecule has 17 heavy (non-hydrogen) atoms. The number of carbonyl (C=O) groups excluding carboxylic acids is 1. The molecule has 1 aromatic carbocycles. The molecule has 0 aliphatic heterocycles. The molecule has 4 N–H and O–H groups in total. The van der Waals surface area contributed by atoms with Crippen LogP contribution in [0.3, 0.4) is 0 Å². The summed E-state index contributed by atoms with van der Waals surface area (Å²) >= 11 is 5.64. The molecule has 1 aromatic rings. The normalized spacial score (nSPS) is 12.2. The van der Waals surface area contributed by atoms with Crippen molar-refractivity contribution in [2.24, 2.45) is 5.84 Å². The van der Waals surface area contributed by atoms with Crippen LogP contribution in [0.25, 0.3) is 0 Å². The topological polar surface area (TPSA) is 75.3 Å². The first kappa shape index (κ1) is 14.0. The van der Waals surface area contributed by atoms with Crippen LogP contribution >= 0.6 is 11.6 Å². The number of halogens is 1. The number of benzene rings is 1. The standard InChI is InChI=1S/C12H17ClN2O2/c13-7-3-6-11(12(17)15-14)10-5-2-1-4-9(10)8-16/h1-2,4-5,11,16H,3,6-8,14H2,(H,15,17). The number of hydrogen-bond acceptors (Lipinski definition) is 3. The highest BCUT2D eigenvalue weighted by atomic mass is 35.5. The number of carbonyl (C=O) groups is 1. The van der Waals surface area contributed by atoms with Crippen molar-refractivity contribution in [1.29, 1.82) is 0 Å². The summed E-state index contributed by atoms with van der Waals surface area (Å²) in [6, 6.07) is 7.30. The van der Waals surface area contributed by atoms with Gasteiger partial charge in [-0.25, -0.2) is 5.84 Å². The van der Waals surface area contributed by atoms with Crippen LogP contribution in [0.4, 0.5) is 0 Å². The molecular weight excluding hydrogens is 240 g/mol. The molecule has 0 aromatic heterocycles. The highest BCUT2D eigenvalue weighted by Gasteiger charge is 2.21. The van der Waals surface area contributed by atoms with E-state index in [1.165, 1.54) is 0 Å².